The zero-order chi connectivity index (χ0) is 19.1. The van der Waals surface area contributed by atoms with Crippen LogP contribution >= 0.6 is 0 Å². The third kappa shape index (κ3) is 5.34. The van der Waals surface area contributed by atoms with Crippen LogP contribution in [-0.2, 0) is 0 Å². The summed E-state index contributed by atoms with van der Waals surface area (Å²) >= 11 is 0. The van der Waals surface area contributed by atoms with Crippen molar-refractivity contribution in [2.24, 2.45) is 0 Å². The molecular formula is C21H24N4O2. The van der Waals surface area contributed by atoms with Gasteiger partial charge in [0.05, 0.1) is 13.7 Å². The summed E-state index contributed by atoms with van der Waals surface area (Å²) < 4.78 is 10.8. The molecule has 0 radical (unpaired) electrons. The van der Waals surface area contributed by atoms with Gasteiger partial charge in [-0.1, -0.05) is 6.07 Å². The fourth-order valence-electron chi connectivity index (χ4n) is 2.51. The number of benzene rings is 2. The smallest absolute Gasteiger partial charge is 0.135 e. The van der Waals surface area contributed by atoms with Crippen molar-refractivity contribution in [1.29, 1.82) is 0 Å². The number of aromatic nitrogens is 2. The first kappa shape index (κ1) is 18.5. The largest absolute Gasteiger partial charge is 0.497 e. The highest BCUT2D eigenvalue weighted by atomic mass is 16.5. The van der Waals surface area contributed by atoms with Crippen LogP contribution in [0.2, 0.25) is 0 Å². The van der Waals surface area contributed by atoms with E-state index in [0.717, 1.165) is 28.8 Å². The Balaban J connectivity index is 1.50. The highest BCUT2D eigenvalue weighted by molar-refractivity contribution is 5.60. The molecule has 0 saturated heterocycles. The van der Waals surface area contributed by atoms with Crippen molar-refractivity contribution in [2.45, 2.75) is 13.8 Å². The first-order valence-electron chi connectivity index (χ1n) is 8.81. The average molecular weight is 364 g/mol. The number of rotatable bonds is 8. The molecule has 140 valence electrons. The Morgan fingerprint density at radius 3 is 2.33 bits per heavy atom. The number of nitrogens with zero attached hydrogens (tertiary/aromatic N) is 2. The molecule has 0 unspecified atom stereocenters. The molecule has 6 nitrogen and oxygen atoms in total. The van der Waals surface area contributed by atoms with Crippen LogP contribution < -0.4 is 20.1 Å². The molecule has 2 aromatic carbocycles. The number of anilines is 3. The minimum absolute atomic E-state index is 0.524. The SMILES string of the molecule is COc1ccc(OCCNc2cc(Nc3ccc(C)c(C)c3)ncn2)cc1. The molecule has 0 aliphatic heterocycles. The summed E-state index contributed by atoms with van der Waals surface area (Å²) in [5, 5.41) is 6.55. The lowest BCUT2D eigenvalue weighted by Gasteiger charge is -2.11. The van der Waals surface area contributed by atoms with E-state index < -0.39 is 0 Å². The van der Waals surface area contributed by atoms with Crippen LogP contribution in [0.25, 0.3) is 0 Å². The topological polar surface area (TPSA) is 68.3 Å². The number of nitrogens with one attached hydrogen (secondary N) is 2. The second kappa shape index (κ2) is 8.89. The van der Waals surface area contributed by atoms with E-state index in [2.05, 4.69) is 46.6 Å². The maximum Gasteiger partial charge on any atom is 0.135 e. The number of aryl methyl sites for hydroxylation is 2. The van der Waals surface area contributed by atoms with E-state index in [1.807, 2.05) is 36.4 Å². The Hall–Kier alpha value is -3.28. The lowest BCUT2D eigenvalue weighted by Crippen LogP contribution is -2.12. The highest BCUT2D eigenvalue weighted by Crippen LogP contribution is 2.19. The van der Waals surface area contributed by atoms with Gasteiger partial charge in [0.1, 0.15) is 36.1 Å². The van der Waals surface area contributed by atoms with E-state index >= 15 is 0 Å². The Morgan fingerprint density at radius 2 is 1.59 bits per heavy atom. The fourth-order valence-corrected chi connectivity index (χ4v) is 2.51. The fraction of sp³-hybridized carbons (Fsp3) is 0.238. The molecule has 0 amide bonds. The molecule has 0 spiro atoms. The molecule has 6 heteroatoms. The van der Waals surface area contributed by atoms with Crippen molar-refractivity contribution in [3.8, 4) is 11.5 Å². The molecule has 3 aromatic rings. The van der Waals surface area contributed by atoms with Gasteiger partial charge in [-0.15, -0.1) is 0 Å². The molecule has 0 aliphatic rings. The van der Waals surface area contributed by atoms with Crippen LogP contribution in [-0.4, -0.2) is 30.2 Å². The monoisotopic (exact) mass is 364 g/mol. The van der Waals surface area contributed by atoms with Crippen molar-refractivity contribution in [3.63, 3.8) is 0 Å². The Kier molecular flexibility index (Phi) is 6.10. The summed E-state index contributed by atoms with van der Waals surface area (Å²) in [6.07, 6.45) is 1.54. The summed E-state index contributed by atoms with van der Waals surface area (Å²) in [4.78, 5) is 8.52. The van der Waals surface area contributed by atoms with Gasteiger partial charge >= 0.3 is 0 Å². The van der Waals surface area contributed by atoms with Crippen molar-refractivity contribution >= 4 is 17.3 Å². The molecule has 1 aromatic heterocycles. The molecule has 0 fully saturated rings. The first-order valence-corrected chi connectivity index (χ1v) is 8.81. The predicted molar refractivity (Wildman–Crippen MR) is 108 cm³/mol. The van der Waals surface area contributed by atoms with Crippen molar-refractivity contribution < 1.29 is 9.47 Å². The van der Waals surface area contributed by atoms with E-state index in [1.54, 1.807) is 7.11 Å². The molecule has 3 rings (SSSR count). The third-order valence-electron chi connectivity index (χ3n) is 4.18. The summed E-state index contributed by atoms with van der Waals surface area (Å²) in [7, 11) is 1.64. The van der Waals surface area contributed by atoms with Gasteiger partial charge in [0.25, 0.3) is 0 Å². The maximum atomic E-state index is 5.70. The van der Waals surface area contributed by atoms with E-state index in [4.69, 9.17) is 9.47 Å². The zero-order valence-electron chi connectivity index (χ0n) is 15.8. The van der Waals surface area contributed by atoms with Gasteiger partial charge in [-0.3, -0.25) is 0 Å². The van der Waals surface area contributed by atoms with Crippen LogP contribution in [0.15, 0.2) is 54.9 Å². The molecular weight excluding hydrogens is 340 g/mol. The standard InChI is InChI=1S/C21H24N4O2/c1-15-4-5-17(12-16(15)2)25-21-13-20(23-14-24-21)22-10-11-27-19-8-6-18(26-3)7-9-19/h4-9,12-14H,10-11H2,1-3H3,(H2,22,23,24,25). The minimum atomic E-state index is 0.524. The minimum Gasteiger partial charge on any atom is -0.497 e. The molecule has 0 saturated carbocycles. The van der Waals surface area contributed by atoms with Crippen molar-refractivity contribution in [2.75, 3.05) is 30.9 Å². The summed E-state index contributed by atoms with van der Waals surface area (Å²) in [6.45, 7) is 5.35. The van der Waals surface area contributed by atoms with E-state index in [0.29, 0.717) is 13.2 Å². The normalized spacial score (nSPS) is 10.3. The number of ether oxygens (including phenoxy) is 2. The summed E-state index contributed by atoms with van der Waals surface area (Å²) in [5.74, 6) is 3.10. The van der Waals surface area contributed by atoms with Gasteiger partial charge in [0.15, 0.2) is 0 Å². The predicted octanol–water partition coefficient (Wildman–Crippen LogP) is 4.34. The number of hydrogen-bond donors (Lipinski definition) is 2. The molecule has 2 N–H and O–H groups in total. The zero-order valence-corrected chi connectivity index (χ0v) is 15.8. The van der Waals surface area contributed by atoms with Gasteiger partial charge in [-0.2, -0.15) is 0 Å². The maximum absolute atomic E-state index is 5.70. The van der Waals surface area contributed by atoms with Crippen LogP contribution in [0.1, 0.15) is 11.1 Å². The number of hydrogen-bond acceptors (Lipinski definition) is 6. The van der Waals surface area contributed by atoms with Gasteiger partial charge in [0, 0.05) is 11.8 Å². The average Bonchev–Trinajstić information content (AvgIpc) is 2.69. The van der Waals surface area contributed by atoms with E-state index in [1.165, 1.54) is 17.5 Å². The van der Waals surface area contributed by atoms with Crippen LogP contribution in [0, 0.1) is 13.8 Å². The van der Waals surface area contributed by atoms with Crippen molar-refractivity contribution in [3.05, 3.63) is 66.0 Å². The van der Waals surface area contributed by atoms with E-state index in [-0.39, 0.29) is 0 Å². The first-order chi connectivity index (χ1) is 13.1. The molecule has 27 heavy (non-hydrogen) atoms. The summed E-state index contributed by atoms with van der Waals surface area (Å²) in [6, 6.07) is 15.6. The van der Waals surface area contributed by atoms with Crippen molar-refractivity contribution in [1.82, 2.24) is 9.97 Å². The van der Waals surface area contributed by atoms with Crippen LogP contribution in [0.3, 0.4) is 0 Å². The lowest BCUT2D eigenvalue weighted by molar-refractivity contribution is 0.331. The molecule has 1 heterocycles. The Morgan fingerprint density at radius 1 is 0.852 bits per heavy atom. The van der Waals surface area contributed by atoms with Gasteiger partial charge in [-0.25, -0.2) is 9.97 Å². The second-order valence-electron chi connectivity index (χ2n) is 6.16. The lowest BCUT2D eigenvalue weighted by atomic mass is 10.1. The quantitative estimate of drug-likeness (QED) is 0.580. The van der Waals surface area contributed by atoms with Gasteiger partial charge in [0.2, 0.25) is 0 Å². The van der Waals surface area contributed by atoms with E-state index in [9.17, 15) is 0 Å². The van der Waals surface area contributed by atoms with Crippen LogP contribution in [0.5, 0.6) is 11.5 Å². The Labute approximate surface area is 159 Å². The van der Waals surface area contributed by atoms with Gasteiger partial charge in [-0.05, 0) is 61.4 Å². The van der Waals surface area contributed by atoms with Crippen LogP contribution in [0.4, 0.5) is 17.3 Å². The molecule has 0 aliphatic carbocycles. The second-order valence-corrected chi connectivity index (χ2v) is 6.16. The summed E-state index contributed by atoms with van der Waals surface area (Å²) in [5.41, 5.74) is 3.51. The molecule has 0 atom stereocenters. The highest BCUT2D eigenvalue weighted by Gasteiger charge is 2.02. The van der Waals surface area contributed by atoms with Gasteiger partial charge < -0.3 is 20.1 Å². The Bertz CT molecular complexity index is 882. The third-order valence-corrected chi connectivity index (χ3v) is 4.18. The number of methoxy groups -OCH3 is 1. The molecule has 0 bridgehead atoms.